The molecule has 1 fully saturated rings. The van der Waals surface area contributed by atoms with Crippen LogP contribution in [0.2, 0.25) is 0 Å². The van der Waals surface area contributed by atoms with Crippen molar-refractivity contribution in [2.75, 3.05) is 20.3 Å². The van der Waals surface area contributed by atoms with Crippen molar-refractivity contribution in [3.63, 3.8) is 0 Å². The molecule has 1 saturated heterocycles. The molecule has 3 rings (SSSR count). The molecule has 0 atom stereocenters. The van der Waals surface area contributed by atoms with Gasteiger partial charge >= 0.3 is 5.97 Å². The number of thiocarbonyl (C=S) groups is 1. The number of ether oxygens (including phenoxy) is 3. The van der Waals surface area contributed by atoms with Crippen LogP contribution in [0.1, 0.15) is 22.8 Å². The molecule has 1 aliphatic rings. The number of rotatable bonds is 9. The number of carbonyl (C=O) groups is 3. The number of hydrazine groups is 1. The predicted molar refractivity (Wildman–Crippen MR) is 126 cm³/mol. The Balaban J connectivity index is 1.83. The zero-order valence-corrected chi connectivity index (χ0v) is 19.3. The molecule has 0 unspecified atom stereocenters. The van der Waals surface area contributed by atoms with E-state index in [0.29, 0.717) is 29.2 Å². The molecule has 0 radical (unpaired) electrons. The molecule has 2 aromatic carbocycles. The van der Waals surface area contributed by atoms with Crippen LogP contribution in [0.15, 0.2) is 47.4 Å². The number of para-hydroxylation sites is 1. The van der Waals surface area contributed by atoms with E-state index < -0.39 is 24.4 Å². The van der Waals surface area contributed by atoms with E-state index in [1.165, 1.54) is 13.2 Å². The number of benzene rings is 2. The first kappa shape index (κ1) is 24.1. The van der Waals surface area contributed by atoms with Gasteiger partial charge < -0.3 is 19.3 Å². The number of amides is 2. The molecule has 2 N–H and O–H groups in total. The van der Waals surface area contributed by atoms with Gasteiger partial charge in [0.05, 0.1) is 18.6 Å². The fourth-order valence-electron chi connectivity index (χ4n) is 2.82. The number of thioether (sulfide) groups is 1. The topological polar surface area (TPSA) is 114 Å². The van der Waals surface area contributed by atoms with Gasteiger partial charge in [-0.1, -0.05) is 23.9 Å². The summed E-state index contributed by atoms with van der Waals surface area (Å²) in [6.45, 7) is 1.54. The highest BCUT2D eigenvalue weighted by atomic mass is 32.2. The first-order chi connectivity index (χ1) is 15.8. The van der Waals surface area contributed by atoms with Crippen molar-refractivity contribution < 1.29 is 33.7 Å². The molecule has 1 heterocycles. The fraction of sp³-hybridized carbons (Fsp3) is 0.182. The lowest BCUT2D eigenvalue weighted by Crippen LogP contribution is -2.44. The number of aliphatic carboxylic acids is 1. The molecular weight excluding hydrogens is 468 g/mol. The number of hydrogen-bond donors (Lipinski definition) is 2. The van der Waals surface area contributed by atoms with Crippen molar-refractivity contribution in [1.29, 1.82) is 0 Å². The highest BCUT2D eigenvalue weighted by Gasteiger charge is 2.34. The average molecular weight is 489 g/mol. The molecule has 172 valence electrons. The van der Waals surface area contributed by atoms with Gasteiger partial charge in [-0.05, 0) is 55.5 Å². The molecule has 1 aliphatic heterocycles. The van der Waals surface area contributed by atoms with E-state index in [1.54, 1.807) is 49.4 Å². The minimum absolute atomic E-state index is 0.141. The van der Waals surface area contributed by atoms with Crippen molar-refractivity contribution in [2.45, 2.75) is 6.92 Å². The second kappa shape index (κ2) is 10.8. The number of methoxy groups -OCH3 is 1. The van der Waals surface area contributed by atoms with Crippen molar-refractivity contribution in [3.05, 3.63) is 58.5 Å². The van der Waals surface area contributed by atoms with Gasteiger partial charge in [0.25, 0.3) is 11.8 Å². The van der Waals surface area contributed by atoms with E-state index in [9.17, 15) is 14.4 Å². The molecule has 2 aromatic rings. The van der Waals surface area contributed by atoms with Gasteiger partial charge in [0.2, 0.25) is 0 Å². The highest BCUT2D eigenvalue weighted by Crippen LogP contribution is 2.37. The summed E-state index contributed by atoms with van der Waals surface area (Å²) in [6.07, 6.45) is 1.51. The van der Waals surface area contributed by atoms with Gasteiger partial charge in [-0.15, -0.1) is 0 Å². The first-order valence-electron chi connectivity index (χ1n) is 9.67. The van der Waals surface area contributed by atoms with Crippen LogP contribution in [0.3, 0.4) is 0 Å². The maximum Gasteiger partial charge on any atom is 0.341 e. The zero-order valence-electron chi connectivity index (χ0n) is 17.7. The lowest BCUT2D eigenvalue weighted by atomic mass is 10.1. The van der Waals surface area contributed by atoms with Crippen molar-refractivity contribution in [3.8, 4) is 17.2 Å². The summed E-state index contributed by atoms with van der Waals surface area (Å²) < 4.78 is 16.1. The van der Waals surface area contributed by atoms with Crippen LogP contribution in [0.5, 0.6) is 17.2 Å². The van der Waals surface area contributed by atoms with Gasteiger partial charge in [-0.2, -0.15) is 5.01 Å². The SMILES string of the molecule is CCOc1cccc(/C=C2\SC(=S)N(NC(=O)c3ccc(OC)cc3)C2=O)c1OCC(=O)O. The highest BCUT2D eigenvalue weighted by molar-refractivity contribution is 8.26. The second-order valence-electron chi connectivity index (χ2n) is 6.48. The Morgan fingerprint density at radius 1 is 1.18 bits per heavy atom. The lowest BCUT2D eigenvalue weighted by Gasteiger charge is -2.16. The van der Waals surface area contributed by atoms with Crippen LogP contribution in [-0.4, -0.2) is 52.5 Å². The zero-order chi connectivity index (χ0) is 24.0. The third-order valence-electron chi connectivity index (χ3n) is 4.30. The van der Waals surface area contributed by atoms with E-state index in [1.807, 2.05) is 0 Å². The fourth-order valence-corrected chi connectivity index (χ4v) is 3.99. The Labute approximate surface area is 199 Å². The number of carboxylic acids is 1. The molecule has 2 amide bonds. The molecule has 11 heteroatoms. The summed E-state index contributed by atoms with van der Waals surface area (Å²) in [5, 5.41) is 9.97. The number of carbonyl (C=O) groups excluding carboxylic acids is 2. The average Bonchev–Trinajstić information content (AvgIpc) is 3.06. The quantitative estimate of drug-likeness (QED) is 0.406. The summed E-state index contributed by atoms with van der Waals surface area (Å²) in [5.41, 5.74) is 3.26. The normalized spacial score (nSPS) is 14.4. The van der Waals surface area contributed by atoms with Crippen LogP contribution >= 0.6 is 24.0 Å². The molecular formula is C22H20N2O7S2. The minimum Gasteiger partial charge on any atom is -0.497 e. The maximum absolute atomic E-state index is 12.9. The van der Waals surface area contributed by atoms with Gasteiger partial charge in [-0.25, -0.2) is 4.79 Å². The lowest BCUT2D eigenvalue weighted by molar-refractivity contribution is -0.139. The van der Waals surface area contributed by atoms with E-state index in [2.05, 4.69) is 5.43 Å². The third-order valence-corrected chi connectivity index (χ3v) is 5.60. The molecule has 0 spiro atoms. The van der Waals surface area contributed by atoms with Gasteiger partial charge in [0.15, 0.2) is 22.4 Å². The monoisotopic (exact) mass is 488 g/mol. The summed E-state index contributed by atoms with van der Waals surface area (Å²) in [7, 11) is 1.52. The number of hydrogen-bond acceptors (Lipinski definition) is 8. The van der Waals surface area contributed by atoms with Crippen LogP contribution in [0.25, 0.3) is 6.08 Å². The first-order valence-corrected chi connectivity index (χ1v) is 10.9. The second-order valence-corrected chi connectivity index (χ2v) is 8.15. The Morgan fingerprint density at radius 3 is 2.55 bits per heavy atom. The van der Waals surface area contributed by atoms with Crippen LogP contribution in [-0.2, 0) is 9.59 Å². The molecule has 0 bridgehead atoms. The molecule has 0 saturated carbocycles. The van der Waals surface area contributed by atoms with Crippen LogP contribution in [0.4, 0.5) is 0 Å². The third kappa shape index (κ3) is 5.82. The maximum atomic E-state index is 12.9. The molecule has 9 nitrogen and oxygen atoms in total. The van der Waals surface area contributed by atoms with Crippen LogP contribution in [0, 0.1) is 0 Å². The van der Waals surface area contributed by atoms with Gasteiger partial charge in [-0.3, -0.25) is 15.0 Å². The summed E-state index contributed by atoms with van der Waals surface area (Å²) >= 11 is 6.26. The Hall–Kier alpha value is -3.57. The standard InChI is InChI=1S/C22H20N2O7S2/c1-3-30-16-6-4-5-14(19(16)31-12-18(25)26)11-17-21(28)24(22(32)33-17)23-20(27)13-7-9-15(29-2)10-8-13/h4-11H,3,12H2,1-2H3,(H,23,27)(H,25,26)/b17-11-. The summed E-state index contributed by atoms with van der Waals surface area (Å²) in [4.78, 5) is 36.7. The van der Waals surface area contributed by atoms with Crippen molar-refractivity contribution in [2.24, 2.45) is 0 Å². The number of carboxylic acid groups (broad SMARTS) is 1. The Bertz CT molecular complexity index is 1120. The smallest absolute Gasteiger partial charge is 0.341 e. The van der Waals surface area contributed by atoms with Crippen LogP contribution < -0.4 is 19.6 Å². The number of nitrogens with one attached hydrogen (secondary N) is 1. The summed E-state index contributed by atoms with van der Waals surface area (Å²) in [6, 6.07) is 11.4. The Morgan fingerprint density at radius 2 is 1.91 bits per heavy atom. The molecule has 0 aromatic heterocycles. The molecule has 0 aliphatic carbocycles. The van der Waals surface area contributed by atoms with Gasteiger partial charge in [0, 0.05) is 11.1 Å². The van der Waals surface area contributed by atoms with Gasteiger partial charge in [0.1, 0.15) is 5.75 Å². The van der Waals surface area contributed by atoms with E-state index in [0.717, 1.165) is 16.8 Å². The van der Waals surface area contributed by atoms with E-state index in [-0.39, 0.29) is 15.0 Å². The van der Waals surface area contributed by atoms with E-state index in [4.69, 9.17) is 31.5 Å². The Kier molecular flexibility index (Phi) is 7.91. The minimum atomic E-state index is -1.15. The largest absolute Gasteiger partial charge is 0.497 e. The van der Waals surface area contributed by atoms with Crippen molar-refractivity contribution >= 4 is 52.2 Å². The number of nitrogens with zero attached hydrogens (tertiary/aromatic N) is 1. The predicted octanol–water partition coefficient (Wildman–Crippen LogP) is 3.10. The summed E-state index contributed by atoms with van der Waals surface area (Å²) in [5.74, 6) is -1.07. The van der Waals surface area contributed by atoms with E-state index >= 15 is 0 Å². The van der Waals surface area contributed by atoms with Crippen molar-refractivity contribution in [1.82, 2.24) is 10.4 Å². The molecule has 33 heavy (non-hydrogen) atoms.